The molecule has 0 spiro atoms. The maximum absolute atomic E-state index is 3.90. The summed E-state index contributed by atoms with van der Waals surface area (Å²) < 4.78 is 0. The van der Waals surface area contributed by atoms with E-state index in [9.17, 15) is 0 Å². The lowest BCUT2D eigenvalue weighted by Crippen LogP contribution is -1.96. The minimum absolute atomic E-state index is 0.339. The van der Waals surface area contributed by atoms with Crippen molar-refractivity contribution >= 4 is 39.0 Å². The Bertz CT molecular complexity index is 575. The fraction of sp³-hybridized carbons (Fsp3) is 0.444. The van der Waals surface area contributed by atoms with Crippen molar-refractivity contribution in [2.24, 2.45) is 5.92 Å². The van der Waals surface area contributed by atoms with E-state index in [-0.39, 0.29) is 0 Å². The molecule has 0 bridgehead atoms. The zero-order chi connectivity index (χ0) is 14.8. The number of thiophene rings is 1. The Kier molecular flexibility index (Phi) is 5.13. The van der Waals surface area contributed by atoms with Gasteiger partial charge < -0.3 is 0 Å². The van der Waals surface area contributed by atoms with Crippen LogP contribution in [-0.2, 0) is 18.6 Å². The molecule has 1 aromatic carbocycles. The lowest BCUT2D eigenvalue weighted by Gasteiger charge is -2.10. The Morgan fingerprint density at radius 3 is 2.62 bits per heavy atom. The minimum Gasteiger partial charge on any atom is -0.157 e. The Morgan fingerprint density at radius 2 is 1.95 bits per heavy atom. The Morgan fingerprint density at radius 1 is 1.19 bits per heavy atom. The van der Waals surface area contributed by atoms with Crippen LogP contribution >= 0.6 is 39.0 Å². The van der Waals surface area contributed by atoms with Crippen LogP contribution in [0.2, 0.25) is 0 Å². The SMILES string of the molecule is CC(C)Cc1ccc(C(Br)c2cc3c(s2)CCSC3)cc1. The van der Waals surface area contributed by atoms with Gasteiger partial charge in [0.2, 0.25) is 0 Å². The van der Waals surface area contributed by atoms with Crippen molar-refractivity contribution in [1.82, 2.24) is 0 Å². The molecule has 112 valence electrons. The third-order valence-corrected chi connectivity index (χ3v) is 7.45. The van der Waals surface area contributed by atoms with Gasteiger partial charge in [0.05, 0.1) is 4.83 Å². The molecule has 1 aliphatic rings. The first-order valence-electron chi connectivity index (χ1n) is 7.55. The molecule has 0 N–H and O–H groups in total. The molecule has 0 saturated heterocycles. The predicted molar refractivity (Wildman–Crippen MR) is 99.9 cm³/mol. The molecule has 1 unspecified atom stereocenters. The monoisotopic (exact) mass is 380 g/mol. The topological polar surface area (TPSA) is 0 Å². The molecular formula is C18H21BrS2. The number of hydrogen-bond donors (Lipinski definition) is 0. The zero-order valence-corrected chi connectivity index (χ0v) is 15.8. The predicted octanol–water partition coefficient (Wildman–Crippen LogP) is 6.22. The number of rotatable bonds is 4. The van der Waals surface area contributed by atoms with Gasteiger partial charge >= 0.3 is 0 Å². The van der Waals surface area contributed by atoms with Gasteiger partial charge in [-0.2, -0.15) is 11.8 Å². The van der Waals surface area contributed by atoms with E-state index in [1.807, 2.05) is 11.3 Å². The molecule has 2 aromatic rings. The number of fused-ring (bicyclic) bond motifs is 1. The molecule has 1 aliphatic heterocycles. The lowest BCUT2D eigenvalue weighted by atomic mass is 10.0. The molecule has 0 fully saturated rings. The number of thioether (sulfide) groups is 1. The van der Waals surface area contributed by atoms with Crippen molar-refractivity contribution in [2.75, 3.05) is 5.75 Å². The first-order chi connectivity index (χ1) is 10.1. The maximum atomic E-state index is 3.90. The second-order valence-corrected chi connectivity index (χ2v) is 9.29. The van der Waals surface area contributed by atoms with Crippen molar-refractivity contribution in [3.05, 3.63) is 56.8 Å². The van der Waals surface area contributed by atoms with E-state index in [0.29, 0.717) is 4.83 Å². The van der Waals surface area contributed by atoms with E-state index >= 15 is 0 Å². The number of hydrogen-bond acceptors (Lipinski definition) is 2. The third kappa shape index (κ3) is 3.75. The highest BCUT2D eigenvalue weighted by molar-refractivity contribution is 9.09. The first-order valence-corrected chi connectivity index (χ1v) is 10.4. The molecule has 1 atom stereocenters. The Hall–Kier alpha value is -0.250. The van der Waals surface area contributed by atoms with Gasteiger partial charge in [0.1, 0.15) is 0 Å². The minimum atomic E-state index is 0.339. The van der Waals surface area contributed by atoms with Crippen LogP contribution in [0, 0.1) is 5.92 Å². The first kappa shape index (κ1) is 15.6. The summed E-state index contributed by atoms with van der Waals surface area (Å²) in [5.41, 5.74) is 4.37. The fourth-order valence-electron chi connectivity index (χ4n) is 2.75. The second-order valence-electron chi connectivity index (χ2n) is 6.10. The van der Waals surface area contributed by atoms with Crippen LogP contribution in [0.5, 0.6) is 0 Å². The van der Waals surface area contributed by atoms with Crippen molar-refractivity contribution in [3.8, 4) is 0 Å². The smallest absolute Gasteiger partial charge is 0.0738 e. The van der Waals surface area contributed by atoms with Gasteiger partial charge in [-0.15, -0.1) is 11.3 Å². The highest BCUT2D eigenvalue weighted by Crippen LogP contribution is 2.40. The molecule has 1 aromatic heterocycles. The average Bonchev–Trinajstić information content (AvgIpc) is 2.90. The van der Waals surface area contributed by atoms with E-state index < -0.39 is 0 Å². The van der Waals surface area contributed by atoms with Crippen LogP contribution in [0.15, 0.2) is 30.3 Å². The van der Waals surface area contributed by atoms with Crippen LogP contribution in [0.3, 0.4) is 0 Å². The van der Waals surface area contributed by atoms with Crippen LogP contribution in [0.4, 0.5) is 0 Å². The standard InChI is InChI=1S/C18H21BrS2/c1-12(2)9-13-3-5-14(6-4-13)18(19)17-10-15-11-20-8-7-16(15)21-17/h3-6,10,12,18H,7-9,11H2,1-2H3. The molecular weight excluding hydrogens is 360 g/mol. The summed E-state index contributed by atoms with van der Waals surface area (Å²) in [6.07, 6.45) is 2.41. The molecule has 0 aliphatic carbocycles. The van der Waals surface area contributed by atoms with Gasteiger partial charge in [-0.05, 0) is 47.3 Å². The van der Waals surface area contributed by atoms with Gasteiger partial charge in [-0.25, -0.2) is 0 Å². The molecule has 2 heterocycles. The van der Waals surface area contributed by atoms with Crippen molar-refractivity contribution in [2.45, 2.75) is 37.3 Å². The summed E-state index contributed by atoms with van der Waals surface area (Å²) in [5.74, 6) is 3.19. The largest absolute Gasteiger partial charge is 0.157 e. The number of aryl methyl sites for hydroxylation is 1. The van der Waals surface area contributed by atoms with E-state index in [4.69, 9.17) is 0 Å². The maximum Gasteiger partial charge on any atom is 0.0738 e. The second kappa shape index (κ2) is 6.89. The van der Waals surface area contributed by atoms with Gasteiger partial charge in [0.15, 0.2) is 0 Å². The summed E-state index contributed by atoms with van der Waals surface area (Å²) in [4.78, 5) is 3.40. The Labute approximate surface area is 144 Å². The molecule has 0 saturated carbocycles. The highest BCUT2D eigenvalue weighted by atomic mass is 79.9. The van der Waals surface area contributed by atoms with Crippen LogP contribution in [-0.4, -0.2) is 5.75 Å². The summed E-state index contributed by atoms with van der Waals surface area (Å²) >= 11 is 7.95. The highest BCUT2D eigenvalue weighted by Gasteiger charge is 2.18. The zero-order valence-electron chi connectivity index (χ0n) is 12.6. The quantitative estimate of drug-likeness (QED) is 0.567. The van der Waals surface area contributed by atoms with Crippen molar-refractivity contribution in [1.29, 1.82) is 0 Å². The number of halogens is 1. The molecule has 3 rings (SSSR count). The molecule has 3 heteroatoms. The van der Waals surface area contributed by atoms with Crippen LogP contribution < -0.4 is 0 Å². The van der Waals surface area contributed by atoms with Gasteiger partial charge in [0, 0.05) is 15.5 Å². The number of alkyl halides is 1. The van der Waals surface area contributed by atoms with Crippen molar-refractivity contribution < 1.29 is 0 Å². The third-order valence-electron chi connectivity index (χ3n) is 3.81. The summed E-state index contributed by atoms with van der Waals surface area (Å²) in [5, 5.41) is 0. The normalized spacial score (nSPS) is 16.0. The summed E-state index contributed by atoms with van der Waals surface area (Å²) in [6, 6.07) is 11.5. The average molecular weight is 381 g/mol. The van der Waals surface area contributed by atoms with Gasteiger partial charge in [-0.1, -0.05) is 54.0 Å². The molecule has 21 heavy (non-hydrogen) atoms. The lowest BCUT2D eigenvalue weighted by molar-refractivity contribution is 0.647. The number of benzene rings is 1. The molecule has 0 radical (unpaired) electrons. The van der Waals surface area contributed by atoms with E-state index in [2.05, 4.69) is 71.9 Å². The van der Waals surface area contributed by atoms with Crippen LogP contribution in [0.25, 0.3) is 0 Å². The molecule has 0 nitrogen and oxygen atoms in total. The fourth-order valence-corrected chi connectivity index (χ4v) is 5.85. The van der Waals surface area contributed by atoms with E-state index in [1.165, 1.54) is 33.9 Å². The van der Waals surface area contributed by atoms with E-state index in [1.54, 1.807) is 10.4 Å². The van der Waals surface area contributed by atoms with Crippen molar-refractivity contribution in [3.63, 3.8) is 0 Å². The molecule has 0 amide bonds. The summed E-state index contributed by atoms with van der Waals surface area (Å²) in [7, 11) is 0. The van der Waals surface area contributed by atoms with Gasteiger partial charge in [0.25, 0.3) is 0 Å². The summed E-state index contributed by atoms with van der Waals surface area (Å²) in [6.45, 7) is 4.55. The van der Waals surface area contributed by atoms with E-state index in [0.717, 1.165) is 12.3 Å². The van der Waals surface area contributed by atoms with Crippen LogP contribution in [0.1, 0.15) is 45.1 Å². The van der Waals surface area contributed by atoms with Gasteiger partial charge in [-0.3, -0.25) is 0 Å². The Balaban J connectivity index is 1.78.